The number of furan rings is 1. The first-order chi connectivity index (χ1) is 13.2. The van der Waals surface area contributed by atoms with Crippen LogP contribution in [0.5, 0.6) is 0 Å². The summed E-state index contributed by atoms with van der Waals surface area (Å²) < 4.78 is 5.06. The summed E-state index contributed by atoms with van der Waals surface area (Å²) in [5, 5.41) is 12.8. The summed E-state index contributed by atoms with van der Waals surface area (Å²) in [4.78, 5) is 33.3. The molecule has 0 radical (unpaired) electrons. The van der Waals surface area contributed by atoms with Crippen LogP contribution >= 0.6 is 11.8 Å². The van der Waals surface area contributed by atoms with Gasteiger partial charge in [-0.1, -0.05) is 6.42 Å². The molecule has 1 aromatic heterocycles. The topological polar surface area (TPSA) is 125 Å². The maximum Gasteiger partial charge on any atom is 0.315 e. The molecule has 3 rings (SSSR count). The molecule has 0 saturated carbocycles. The first-order valence-corrected chi connectivity index (χ1v) is 9.81. The molecular formula is C17H21N5O4S. The van der Waals surface area contributed by atoms with Crippen molar-refractivity contribution >= 4 is 41.9 Å². The quantitative estimate of drug-likeness (QED) is 0.196. The van der Waals surface area contributed by atoms with Crippen LogP contribution in [0.2, 0.25) is 0 Å². The van der Waals surface area contributed by atoms with Crippen molar-refractivity contribution in [3.8, 4) is 0 Å². The van der Waals surface area contributed by atoms with Crippen LogP contribution in [0.25, 0.3) is 6.08 Å². The molecule has 3 atom stereocenters. The Balaban J connectivity index is 1.27. The summed E-state index contributed by atoms with van der Waals surface area (Å²) in [5.41, 5.74) is 2.46. The van der Waals surface area contributed by atoms with Gasteiger partial charge in [0.15, 0.2) is 0 Å². The molecule has 0 bridgehead atoms. The third kappa shape index (κ3) is 5.43. The van der Waals surface area contributed by atoms with E-state index in [1.54, 1.807) is 18.2 Å². The minimum atomic E-state index is -0.141. The predicted molar refractivity (Wildman–Crippen MR) is 104 cm³/mol. The maximum atomic E-state index is 11.8. The molecule has 2 aliphatic rings. The zero-order chi connectivity index (χ0) is 19.1. The summed E-state index contributed by atoms with van der Waals surface area (Å²) >= 11 is 1.88. The summed E-state index contributed by atoms with van der Waals surface area (Å²) in [7, 11) is 0. The van der Waals surface area contributed by atoms with Gasteiger partial charge in [-0.2, -0.15) is 16.9 Å². The smallest absolute Gasteiger partial charge is 0.315 e. The molecule has 9 nitrogen and oxygen atoms in total. The van der Waals surface area contributed by atoms with Crippen LogP contribution in [0, 0.1) is 4.91 Å². The number of nitroso groups, excluding NO2 is 1. The van der Waals surface area contributed by atoms with E-state index in [0.717, 1.165) is 25.0 Å². The van der Waals surface area contributed by atoms with Gasteiger partial charge in [-0.15, -0.1) is 4.91 Å². The number of rotatable bonds is 9. The van der Waals surface area contributed by atoms with Crippen LogP contribution in [-0.4, -0.2) is 41.2 Å². The fourth-order valence-corrected chi connectivity index (χ4v) is 4.64. The molecule has 0 spiro atoms. The number of hydrogen-bond donors (Lipinski definition) is 3. The van der Waals surface area contributed by atoms with Gasteiger partial charge in [0.05, 0.1) is 12.1 Å². The standard InChI is InChI=1S/C17H21N5O4S/c23-14(21-18-9-3-4-11-7-8-15(22-25)26-11)6-2-1-5-13-16-12(10-27-13)19-17(24)20-16/h3-4,7-9,12-13,16H,1-2,5-6,10H2,(H,21,23)(H2,19,20,24)/b4-3+,18-9+/t12?,13-,16?/m0/s1. The van der Waals surface area contributed by atoms with E-state index in [9.17, 15) is 14.5 Å². The molecule has 2 unspecified atom stereocenters. The van der Waals surface area contributed by atoms with Gasteiger partial charge in [0, 0.05) is 34.9 Å². The van der Waals surface area contributed by atoms with Crippen molar-refractivity contribution in [2.45, 2.75) is 43.0 Å². The Kier molecular flexibility index (Phi) is 6.64. The summed E-state index contributed by atoms with van der Waals surface area (Å²) in [6.07, 6.45) is 7.72. The third-order valence-corrected chi connectivity index (χ3v) is 5.90. The van der Waals surface area contributed by atoms with E-state index in [1.807, 2.05) is 11.8 Å². The predicted octanol–water partition coefficient (Wildman–Crippen LogP) is 2.52. The number of allylic oxidation sites excluding steroid dienone is 1. The SMILES string of the molecule is O=Nc1ccc(/C=C/C=N/NC(=O)CCCC[C@@H]2SCC3NC(=O)NC32)o1. The summed E-state index contributed by atoms with van der Waals surface area (Å²) in [6.45, 7) is 0. The second-order valence-corrected chi connectivity index (χ2v) is 7.58. The van der Waals surface area contributed by atoms with Gasteiger partial charge in [0.25, 0.3) is 5.88 Å². The molecule has 2 aliphatic heterocycles. The molecule has 3 N–H and O–H groups in total. The first-order valence-electron chi connectivity index (χ1n) is 8.76. The Hall–Kier alpha value is -2.62. The van der Waals surface area contributed by atoms with Crippen molar-refractivity contribution in [1.82, 2.24) is 16.1 Å². The highest BCUT2D eigenvalue weighted by Crippen LogP contribution is 2.33. The zero-order valence-electron chi connectivity index (χ0n) is 14.6. The zero-order valence-corrected chi connectivity index (χ0v) is 15.4. The average Bonchev–Trinajstić information content (AvgIpc) is 3.35. The van der Waals surface area contributed by atoms with Crippen molar-refractivity contribution in [2.24, 2.45) is 10.3 Å². The molecule has 0 aliphatic carbocycles. The molecule has 2 saturated heterocycles. The fourth-order valence-electron chi connectivity index (χ4n) is 3.10. The van der Waals surface area contributed by atoms with Gasteiger partial charge in [-0.05, 0) is 31.1 Å². The Morgan fingerprint density at radius 3 is 3.07 bits per heavy atom. The summed E-state index contributed by atoms with van der Waals surface area (Å²) in [5.74, 6) is 1.29. The van der Waals surface area contributed by atoms with E-state index in [4.69, 9.17) is 4.42 Å². The number of nitrogens with one attached hydrogen (secondary N) is 3. The number of urea groups is 1. The van der Waals surface area contributed by atoms with Crippen LogP contribution in [-0.2, 0) is 4.79 Å². The second-order valence-electron chi connectivity index (χ2n) is 6.31. The van der Waals surface area contributed by atoms with E-state index >= 15 is 0 Å². The van der Waals surface area contributed by atoms with Gasteiger partial charge in [0.1, 0.15) is 5.76 Å². The van der Waals surface area contributed by atoms with Crippen molar-refractivity contribution in [3.63, 3.8) is 0 Å². The summed E-state index contributed by atoms with van der Waals surface area (Å²) in [6, 6.07) is 3.44. The lowest BCUT2D eigenvalue weighted by Crippen LogP contribution is -2.36. The van der Waals surface area contributed by atoms with Gasteiger partial charge in [0.2, 0.25) is 5.91 Å². The molecular weight excluding hydrogens is 370 g/mol. The van der Waals surface area contributed by atoms with Crippen LogP contribution < -0.4 is 16.1 Å². The number of unbranched alkanes of at least 4 members (excludes halogenated alkanes) is 1. The van der Waals surface area contributed by atoms with Crippen LogP contribution in [0.4, 0.5) is 10.7 Å². The fraction of sp³-hybridized carbons (Fsp3) is 0.471. The Morgan fingerprint density at radius 2 is 2.26 bits per heavy atom. The number of fused-ring (bicyclic) bond motifs is 1. The van der Waals surface area contributed by atoms with Crippen LogP contribution in [0.1, 0.15) is 31.4 Å². The van der Waals surface area contributed by atoms with Gasteiger partial charge in [-0.3, -0.25) is 4.79 Å². The van der Waals surface area contributed by atoms with E-state index < -0.39 is 0 Å². The highest BCUT2D eigenvalue weighted by molar-refractivity contribution is 8.00. The molecule has 3 heterocycles. The van der Waals surface area contributed by atoms with E-state index in [0.29, 0.717) is 17.4 Å². The van der Waals surface area contributed by atoms with Gasteiger partial charge in [-0.25, -0.2) is 10.2 Å². The maximum absolute atomic E-state index is 11.8. The lowest BCUT2D eigenvalue weighted by Gasteiger charge is -2.16. The van der Waals surface area contributed by atoms with E-state index in [1.165, 1.54) is 12.3 Å². The Labute approximate surface area is 160 Å². The van der Waals surface area contributed by atoms with E-state index in [2.05, 4.69) is 26.3 Å². The van der Waals surface area contributed by atoms with Crippen molar-refractivity contribution in [2.75, 3.05) is 5.75 Å². The largest absolute Gasteiger partial charge is 0.436 e. The number of hydrogen-bond acceptors (Lipinski definition) is 7. The third-order valence-electron chi connectivity index (χ3n) is 4.39. The normalized spacial score (nSPS) is 24.1. The van der Waals surface area contributed by atoms with Crippen molar-refractivity contribution < 1.29 is 14.0 Å². The number of carbonyl (C=O) groups is 2. The Bertz CT molecular complexity index is 747. The van der Waals surface area contributed by atoms with Gasteiger partial charge >= 0.3 is 6.03 Å². The molecule has 3 amide bonds. The number of nitrogens with zero attached hydrogens (tertiary/aromatic N) is 2. The minimum Gasteiger partial charge on any atom is -0.436 e. The second kappa shape index (κ2) is 9.36. The van der Waals surface area contributed by atoms with Crippen LogP contribution in [0.15, 0.2) is 32.9 Å². The molecule has 1 aromatic rings. The molecule has 144 valence electrons. The number of hydrazone groups is 1. The minimum absolute atomic E-state index is 0.0120. The van der Waals surface area contributed by atoms with Crippen molar-refractivity contribution in [1.29, 1.82) is 0 Å². The molecule has 10 heteroatoms. The highest BCUT2D eigenvalue weighted by Gasteiger charge is 2.42. The van der Waals surface area contributed by atoms with Crippen molar-refractivity contribution in [3.05, 3.63) is 28.9 Å². The van der Waals surface area contributed by atoms with Gasteiger partial charge < -0.3 is 15.1 Å². The monoisotopic (exact) mass is 391 g/mol. The number of amides is 3. The van der Waals surface area contributed by atoms with Crippen LogP contribution in [0.3, 0.4) is 0 Å². The highest BCUT2D eigenvalue weighted by atomic mass is 32.2. The number of thioether (sulfide) groups is 1. The lowest BCUT2D eigenvalue weighted by atomic mass is 10.0. The number of carbonyl (C=O) groups excluding carboxylic acids is 2. The average molecular weight is 391 g/mol. The van der Waals surface area contributed by atoms with E-state index in [-0.39, 0.29) is 29.9 Å². The molecule has 27 heavy (non-hydrogen) atoms. The first kappa shape index (κ1) is 19.2. The molecule has 0 aromatic carbocycles. The Morgan fingerprint density at radius 1 is 1.37 bits per heavy atom. The molecule has 2 fully saturated rings. The lowest BCUT2D eigenvalue weighted by molar-refractivity contribution is -0.121.